The highest BCUT2D eigenvalue weighted by molar-refractivity contribution is 7.18. The van der Waals surface area contributed by atoms with E-state index >= 15 is 0 Å². The van der Waals surface area contributed by atoms with E-state index in [0.717, 1.165) is 22.5 Å². The lowest BCUT2D eigenvalue weighted by Crippen LogP contribution is -2.00. The second-order valence-electron chi connectivity index (χ2n) is 4.76. The smallest absolute Gasteiger partial charge is 0.136 e. The quantitative estimate of drug-likeness (QED) is 0.775. The van der Waals surface area contributed by atoms with Crippen LogP contribution in [0.2, 0.25) is 0 Å². The van der Waals surface area contributed by atoms with E-state index in [-0.39, 0.29) is 0 Å². The molecule has 19 heavy (non-hydrogen) atoms. The Kier molecular flexibility index (Phi) is 2.95. The van der Waals surface area contributed by atoms with Crippen LogP contribution < -0.4 is 5.73 Å². The van der Waals surface area contributed by atoms with Crippen molar-refractivity contribution in [2.45, 2.75) is 20.3 Å². The first-order chi connectivity index (χ1) is 9.11. The lowest BCUT2D eigenvalue weighted by molar-refractivity contribution is 1.00. The Morgan fingerprint density at radius 3 is 2.58 bits per heavy atom. The van der Waals surface area contributed by atoms with Crippen molar-refractivity contribution in [2.75, 3.05) is 5.73 Å². The van der Waals surface area contributed by atoms with Crippen LogP contribution in [0.15, 0.2) is 30.3 Å². The number of rotatable bonds is 2. The van der Waals surface area contributed by atoms with Crippen LogP contribution in [-0.4, -0.2) is 9.97 Å². The Morgan fingerprint density at radius 1 is 1.11 bits per heavy atom. The minimum absolute atomic E-state index is 0.580. The van der Waals surface area contributed by atoms with Gasteiger partial charge in [-0.1, -0.05) is 29.8 Å². The van der Waals surface area contributed by atoms with Crippen molar-refractivity contribution in [2.24, 2.45) is 0 Å². The zero-order chi connectivity index (χ0) is 13.4. The Morgan fingerprint density at radius 2 is 1.84 bits per heavy atom. The number of nitrogens with two attached hydrogens (primary N) is 1. The van der Waals surface area contributed by atoms with Crippen molar-refractivity contribution in [3.8, 4) is 0 Å². The summed E-state index contributed by atoms with van der Waals surface area (Å²) in [5, 5.41) is 0.968. The maximum Gasteiger partial charge on any atom is 0.136 e. The second-order valence-corrected chi connectivity index (χ2v) is 6.00. The molecule has 0 amide bonds. The van der Waals surface area contributed by atoms with Crippen molar-refractivity contribution in [1.29, 1.82) is 0 Å². The highest BCUT2D eigenvalue weighted by Gasteiger charge is 2.08. The number of aryl methyl sites for hydroxylation is 2. The summed E-state index contributed by atoms with van der Waals surface area (Å²) in [7, 11) is 0. The Hall–Kier alpha value is -1.94. The molecule has 0 saturated carbocycles. The number of anilines is 1. The van der Waals surface area contributed by atoms with E-state index in [2.05, 4.69) is 48.1 Å². The van der Waals surface area contributed by atoms with E-state index in [1.54, 1.807) is 11.3 Å². The molecule has 0 bridgehead atoms. The number of hydrogen-bond acceptors (Lipinski definition) is 4. The highest BCUT2D eigenvalue weighted by atomic mass is 32.1. The zero-order valence-electron chi connectivity index (χ0n) is 11.0. The summed E-state index contributed by atoms with van der Waals surface area (Å²) < 4.78 is 0. The highest BCUT2D eigenvalue weighted by Crippen LogP contribution is 2.27. The molecule has 2 aromatic heterocycles. The van der Waals surface area contributed by atoms with Crippen LogP contribution in [0.25, 0.3) is 10.2 Å². The third-order valence-electron chi connectivity index (χ3n) is 3.07. The Balaban J connectivity index is 1.98. The van der Waals surface area contributed by atoms with Crippen LogP contribution in [0.3, 0.4) is 0 Å². The predicted octanol–water partition coefficient (Wildman–Crippen LogP) is 3.48. The van der Waals surface area contributed by atoms with Gasteiger partial charge in [-0.05, 0) is 25.5 Å². The molecule has 0 radical (unpaired) electrons. The maximum atomic E-state index is 6.00. The van der Waals surface area contributed by atoms with Crippen LogP contribution in [0.4, 0.5) is 5.82 Å². The summed E-state index contributed by atoms with van der Waals surface area (Å²) in [6, 6.07) is 10.5. The van der Waals surface area contributed by atoms with Crippen molar-refractivity contribution >= 4 is 27.4 Å². The van der Waals surface area contributed by atoms with Gasteiger partial charge in [0.25, 0.3) is 0 Å². The summed E-state index contributed by atoms with van der Waals surface area (Å²) in [5.41, 5.74) is 8.47. The molecule has 0 spiro atoms. The van der Waals surface area contributed by atoms with E-state index < -0.39 is 0 Å². The molecule has 0 unspecified atom stereocenters. The molecule has 96 valence electrons. The summed E-state index contributed by atoms with van der Waals surface area (Å²) in [4.78, 5) is 11.2. The van der Waals surface area contributed by atoms with Crippen LogP contribution in [0.1, 0.15) is 21.8 Å². The molecule has 0 atom stereocenters. The number of fused-ring (bicyclic) bond motifs is 1. The summed E-state index contributed by atoms with van der Waals surface area (Å²) in [6.45, 7) is 4.14. The van der Waals surface area contributed by atoms with E-state index in [1.807, 2.05) is 6.07 Å². The Labute approximate surface area is 116 Å². The maximum absolute atomic E-state index is 6.00. The lowest BCUT2D eigenvalue weighted by Gasteiger charge is -2.03. The molecule has 3 aromatic rings. The van der Waals surface area contributed by atoms with Gasteiger partial charge in [-0.15, -0.1) is 11.3 Å². The van der Waals surface area contributed by atoms with E-state index in [1.165, 1.54) is 16.0 Å². The largest absolute Gasteiger partial charge is 0.383 e. The zero-order valence-corrected chi connectivity index (χ0v) is 11.8. The average molecular weight is 269 g/mol. The van der Waals surface area contributed by atoms with Gasteiger partial charge in [-0.3, -0.25) is 0 Å². The number of nitrogen functional groups attached to an aromatic ring is 1. The minimum Gasteiger partial charge on any atom is -0.383 e. The first-order valence-electron chi connectivity index (χ1n) is 6.20. The minimum atomic E-state index is 0.580. The number of nitrogens with zero attached hydrogens (tertiary/aromatic N) is 2. The molecule has 0 saturated heterocycles. The fraction of sp³-hybridized carbons (Fsp3) is 0.200. The van der Waals surface area contributed by atoms with Crippen LogP contribution in [0.5, 0.6) is 0 Å². The number of aromatic nitrogens is 2. The van der Waals surface area contributed by atoms with Crippen molar-refractivity contribution in [3.05, 3.63) is 52.2 Å². The van der Waals surface area contributed by atoms with Gasteiger partial charge < -0.3 is 5.73 Å². The second kappa shape index (κ2) is 4.63. The average Bonchev–Trinajstić information content (AvgIpc) is 2.73. The first kappa shape index (κ1) is 12.1. The van der Waals surface area contributed by atoms with Crippen LogP contribution >= 0.6 is 11.3 Å². The Bertz CT molecular complexity index is 729. The van der Waals surface area contributed by atoms with Crippen LogP contribution in [0, 0.1) is 13.8 Å². The van der Waals surface area contributed by atoms with E-state index in [9.17, 15) is 0 Å². The SMILES string of the molecule is Cc1ccc(Cc2nc(N)c3cc(C)sc3n2)cc1. The van der Waals surface area contributed by atoms with Gasteiger partial charge in [0.1, 0.15) is 16.5 Å². The number of hydrogen-bond donors (Lipinski definition) is 1. The molecule has 2 N–H and O–H groups in total. The molecule has 3 nitrogen and oxygen atoms in total. The van der Waals surface area contributed by atoms with Gasteiger partial charge in [-0.25, -0.2) is 9.97 Å². The summed E-state index contributed by atoms with van der Waals surface area (Å²) >= 11 is 1.66. The van der Waals surface area contributed by atoms with E-state index in [4.69, 9.17) is 5.73 Å². The van der Waals surface area contributed by atoms with Gasteiger partial charge in [0.15, 0.2) is 0 Å². The molecule has 0 aliphatic heterocycles. The molecule has 0 aliphatic rings. The van der Waals surface area contributed by atoms with Gasteiger partial charge in [0, 0.05) is 11.3 Å². The third kappa shape index (κ3) is 2.44. The molecule has 1 aromatic carbocycles. The summed E-state index contributed by atoms with van der Waals surface area (Å²) in [5.74, 6) is 1.37. The molecule has 0 fully saturated rings. The van der Waals surface area contributed by atoms with E-state index in [0.29, 0.717) is 5.82 Å². The predicted molar refractivity (Wildman–Crippen MR) is 80.5 cm³/mol. The van der Waals surface area contributed by atoms with Gasteiger partial charge in [0.2, 0.25) is 0 Å². The first-order valence-corrected chi connectivity index (χ1v) is 7.01. The number of thiophene rings is 1. The van der Waals surface area contributed by atoms with Gasteiger partial charge in [0.05, 0.1) is 5.39 Å². The van der Waals surface area contributed by atoms with Crippen molar-refractivity contribution < 1.29 is 0 Å². The third-order valence-corrected chi connectivity index (χ3v) is 4.02. The normalized spacial score (nSPS) is 11.1. The van der Waals surface area contributed by atoms with Crippen LogP contribution in [-0.2, 0) is 6.42 Å². The molecule has 3 rings (SSSR count). The summed E-state index contributed by atoms with van der Waals surface area (Å²) in [6.07, 6.45) is 0.720. The molecular formula is C15H15N3S. The van der Waals surface area contributed by atoms with Crippen molar-refractivity contribution in [1.82, 2.24) is 9.97 Å². The standard InChI is InChI=1S/C15H15N3S/c1-9-3-5-11(6-4-9)8-13-17-14(16)12-7-10(2)19-15(12)18-13/h3-7H,8H2,1-2H3,(H2,16,17,18). The fourth-order valence-corrected chi connectivity index (χ4v) is 2.98. The van der Waals surface area contributed by atoms with Gasteiger partial charge in [-0.2, -0.15) is 0 Å². The fourth-order valence-electron chi connectivity index (χ4n) is 2.08. The molecule has 0 aliphatic carbocycles. The lowest BCUT2D eigenvalue weighted by atomic mass is 10.1. The molecule has 2 heterocycles. The molecule has 4 heteroatoms. The van der Waals surface area contributed by atoms with Crippen molar-refractivity contribution in [3.63, 3.8) is 0 Å². The topological polar surface area (TPSA) is 51.8 Å². The number of benzene rings is 1. The monoisotopic (exact) mass is 269 g/mol. The van der Waals surface area contributed by atoms with Gasteiger partial charge >= 0.3 is 0 Å². The molecular weight excluding hydrogens is 254 g/mol.